The van der Waals surface area contributed by atoms with Crippen LogP contribution < -0.4 is 10.2 Å². The molecule has 2 aliphatic heterocycles. The molecule has 2 N–H and O–H groups in total. The lowest BCUT2D eigenvalue weighted by Crippen LogP contribution is -2.39. The quantitative estimate of drug-likeness (QED) is 0.878. The van der Waals surface area contributed by atoms with E-state index >= 15 is 0 Å². The molecule has 6 nitrogen and oxygen atoms in total. The maximum Gasteiger partial charge on any atom is 0.322 e. The Hall–Kier alpha value is -2.21. The summed E-state index contributed by atoms with van der Waals surface area (Å²) in [5.74, 6) is 1.02. The van der Waals surface area contributed by atoms with Crippen molar-refractivity contribution in [2.45, 2.75) is 25.8 Å². The van der Waals surface area contributed by atoms with E-state index in [0.29, 0.717) is 23.8 Å². The molecule has 4 rings (SSSR count). The van der Waals surface area contributed by atoms with E-state index in [1.54, 1.807) is 12.1 Å². The molecule has 0 bridgehead atoms. The first-order valence-corrected chi connectivity index (χ1v) is 8.71. The number of aromatic amines is 1. The zero-order valence-corrected chi connectivity index (χ0v) is 14.1. The van der Waals surface area contributed by atoms with Crippen LogP contribution in [0.25, 0.3) is 0 Å². The van der Waals surface area contributed by atoms with Gasteiger partial charge in [0.1, 0.15) is 0 Å². The van der Waals surface area contributed by atoms with E-state index in [0.717, 1.165) is 36.6 Å². The third-order valence-corrected chi connectivity index (χ3v) is 4.92. The van der Waals surface area contributed by atoms with Crippen LogP contribution in [0, 0.1) is 0 Å². The first-order valence-electron chi connectivity index (χ1n) is 8.33. The summed E-state index contributed by atoms with van der Waals surface area (Å²) in [6.07, 6.45) is 3.22. The molecule has 2 aromatic rings. The molecule has 0 unspecified atom stereocenters. The highest BCUT2D eigenvalue weighted by atomic mass is 35.5. The lowest BCUT2D eigenvalue weighted by molar-refractivity contribution is 0.206. The second-order valence-corrected chi connectivity index (χ2v) is 6.75. The van der Waals surface area contributed by atoms with E-state index in [-0.39, 0.29) is 6.03 Å². The number of carbonyl (C=O) groups is 1. The van der Waals surface area contributed by atoms with E-state index in [4.69, 9.17) is 11.6 Å². The molecule has 0 aliphatic carbocycles. The van der Waals surface area contributed by atoms with Crippen molar-refractivity contribution in [3.05, 3.63) is 40.5 Å². The number of nitrogens with zero attached hydrogens (tertiary/aromatic N) is 3. The lowest BCUT2D eigenvalue weighted by atomic mass is 10.1. The number of anilines is 2. The molecule has 0 atom stereocenters. The fourth-order valence-electron chi connectivity index (χ4n) is 3.41. The predicted octanol–water partition coefficient (Wildman–Crippen LogP) is 3.25. The van der Waals surface area contributed by atoms with Gasteiger partial charge in [-0.05, 0) is 31.0 Å². The van der Waals surface area contributed by atoms with Gasteiger partial charge in [0.05, 0.1) is 6.54 Å². The van der Waals surface area contributed by atoms with Crippen LogP contribution in [0.2, 0.25) is 5.02 Å². The maximum atomic E-state index is 12.6. The summed E-state index contributed by atoms with van der Waals surface area (Å²) in [6, 6.07) is 7.11. The van der Waals surface area contributed by atoms with Crippen molar-refractivity contribution in [1.82, 2.24) is 15.1 Å². The minimum Gasteiger partial charge on any atom is -0.355 e. The van der Waals surface area contributed by atoms with E-state index in [1.807, 2.05) is 17.0 Å². The van der Waals surface area contributed by atoms with Crippen LogP contribution in [0.3, 0.4) is 0 Å². The number of aromatic nitrogens is 2. The van der Waals surface area contributed by atoms with Crippen molar-refractivity contribution in [2.24, 2.45) is 0 Å². The standard InChI is InChI=1S/C17H20ClN5O/c18-12-4-3-5-13(10-12)19-17(24)23-9-6-15-14(11-23)16(21-20-15)22-7-1-2-8-22/h3-5,10H,1-2,6-9,11H2,(H,19,24)(H,20,21). The van der Waals surface area contributed by atoms with Gasteiger partial charge >= 0.3 is 6.03 Å². The van der Waals surface area contributed by atoms with Gasteiger partial charge in [-0.25, -0.2) is 4.79 Å². The lowest BCUT2D eigenvalue weighted by Gasteiger charge is -2.28. The third-order valence-electron chi connectivity index (χ3n) is 4.68. The highest BCUT2D eigenvalue weighted by Gasteiger charge is 2.28. The number of hydrogen-bond acceptors (Lipinski definition) is 3. The number of halogens is 1. The number of rotatable bonds is 2. The second-order valence-electron chi connectivity index (χ2n) is 6.31. The number of hydrogen-bond donors (Lipinski definition) is 2. The molecule has 1 aromatic carbocycles. The number of carbonyl (C=O) groups excluding carboxylic acids is 1. The van der Waals surface area contributed by atoms with E-state index < -0.39 is 0 Å². The van der Waals surface area contributed by atoms with Gasteiger partial charge in [-0.3, -0.25) is 5.10 Å². The number of benzene rings is 1. The van der Waals surface area contributed by atoms with Gasteiger partial charge in [-0.15, -0.1) is 0 Å². The Morgan fingerprint density at radius 3 is 2.88 bits per heavy atom. The van der Waals surface area contributed by atoms with Crippen molar-refractivity contribution in [1.29, 1.82) is 0 Å². The average molecular weight is 346 g/mol. The van der Waals surface area contributed by atoms with E-state index in [9.17, 15) is 4.79 Å². The van der Waals surface area contributed by atoms with Crippen LogP contribution in [-0.2, 0) is 13.0 Å². The number of nitrogens with one attached hydrogen (secondary N) is 2. The highest BCUT2D eigenvalue weighted by Crippen LogP contribution is 2.29. The predicted molar refractivity (Wildman–Crippen MR) is 94.6 cm³/mol. The smallest absolute Gasteiger partial charge is 0.322 e. The SMILES string of the molecule is O=C(Nc1cccc(Cl)c1)N1CCc2[nH]nc(N3CCCC3)c2C1. The normalized spacial score (nSPS) is 17.0. The van der Waals surface area contributed by atoms with Gasteiger partial charge in [-0.1, -0.05) is 17.7 Å². The Labute approximate surface area is 145 Å². The molecule has 3 heterocycles. The molecule has 0 radical (unpaired) electrons. The van der Waals surface area contributed by atoms with Crippen LogP contribution in [0.4, 0.5) is 16.3 Å². The van der Waals surface area contributed by atoms with Crippen LogP contribution >= 0.6 is 11.6 Å². The fourth-order valence-corrected chi connectivity index (χ4v) is 3.60. The summed E-state index contributed by atoms with van der Waals surface area (Å²) < 4.78 is 0. The van der Waals surface area contributed by atoms with Gasteiger partial charge < -0.3 is 15.1 Å². The fraction of sp³-hybridized carbons (Fsp3) is 0.412. The van der Waals surface area contributed by atoms with Gasteiger partial charge in [0.15, 0.2) is 5.82 Å². The summed E-state index contributed by atoms with van der Waals surface area (Å²) in [5, 5.41) is 11.2. The van der Waals surface area contributed by atoms with Gasteiger partial charge in [0, 0.05) is 48.0 Å². The zero-order valence-electron chi connectivity index (χ0n) is 13.4. The first-order chi connectivity index (χ1) is 11.7. The molecule has 1 saturated heterocycles. The van der Waals surface area contributed by atoms with Crippen LogP contribution in [-0.4, -0.2) is 40.8 Å². The molecule has 7 heteroatoms. The number of fused-ring (bicyclic) bond motifs is 1. The van der Waals surface area contributed by atoms with Crippen molar-refractivity contribution in [2.75, 3.05) is 29.9 Å². The Morgan fingerprint density at radius 2 is 2.08 bits per heavy atom. The first kappa shape index (κ1) is 15.3. The molecule has 2 amide bonds. The average Bonchev–Trinajstić information content (AvgIpc) is 3.23. The van der Waals surface area contributed by atoms with Crippen LogP contribution in [0.1, 0.15) is 24.1 Å². The molecular formula is C17H20ClN5O. The van der Waals surface area contributed by atoms with Crippen molar-refractivity contribution >= 4 is 29.1 Å². The number of amides is 2. The van der Waals surface area contributed by atoms with Crippen molar-refractivity contribution < 1.29 is 4.79 Å². The summed E-state index contributed by atoms with van der Waals surface area (Å²) in [7, 11) is 0. The van der Waals surface area contributed by atoms with Crippen molar-refractivity contribution in [3.63, 3.8) is 0 Å². The Balaban J connectivity index is 1.49. The summed E-state index contributed by atoms with van der Waals surface area (Å²) >= 11 is 5.98. The summed E-state index contributed by atoms with van der Waals surface area (Å²) in [4.78, 5) is 16.7. The second kappa shape index (κ2) is 6.36. The molecule has 1 fully saturated rings. The molecule has 126 valence electrons. The Bertz CT molecular complexity index is 753. The zero-order chi connectivity index (χ0) is 16.5. The van der Waals surface area contributed by atoms with Gasteiger partial charge in [-0.2, -0.15) is 5.10 Å². The Kier molecular flexibility index (Phi) is 4.06. The number of H-pyrrole nitrogens is 1. The highest BCUT2D eigenvalue weighted by molar-refractivity contribution is 6.30. The third kappa shape index (κ3) is 2.94. The summed E-state index contributed by atoms with van der Waals surface area (Å²) in [5.41, 5.74) is 3.03. The number of urea groups is 1. The van der Waals surface area contributed by atoms with Gasteiger partial charge in [0.25, 0.3) is 0 Å². The van der Waals surface area contributed by atoms with E-state index in [2.05, 4.69) is 20.4 Å². The summed E-state index contributed by atoms with van der Waals surface area (Å²) in [6.45, 7) is 3.36. The molecule has 24 heavy (non-hydrogen) atoms. The van der Waals surface area contributed by atoms with Crippen LogP contribution in [0.5, 0.6) is 0 Å². The monoisotopic (exact) mass is 345 g/mol. The molecule has 1 aromatic heterocycles. The molecule has 0 spiro atoms. The molecule has 0 saturated carbocycles. The van der Waals surface area contributed by atoms with E-state index in [1.165, 1.54) is 12.8 Å². The maximum absolute atomic E-state index is 12.6. The van der Waals surface area contributed by atoms with Crippen LogP contribution in [0.15, 0.2) is 24.3 Å². The molecule has 2 aliphatic rings. The Morgan fingerprint density at radius 1 is 1.25 bits per heavy atom. The minimum atomic E-state index is -0.100. The molecular weight excluding hydrogens is 326 g/mol. The van der Waals surface area contributed by atoms with Crippen molar-refractivity contribution in [3.8, 4) is 0 Å². The minimum absolute atomic E-state index is 0.100. The topological polar surface area (TPSA) is 64.3 Å². The van der Waals surface area contributed by atoms with Gasteiger partial charge in [0.2, 0.25) is 0 Å². The largest absolute Gasteiger partial charge is 0.355 e.